The number of pyridine rings is 1. The Balaban J connectivity index is 1.88. The Morgan fingerprint density at radius 3 is 2.58 bits per heavy atom. The van der Waals surface area contributed by atoms with Crippen molar-refractivity contribution in [2.45, 2.75) is 11.8 Å². The molecule has 3 rings (SSSR count). The Bertz CT molecular complexity index is 863. The van der Waals surface area contributed by atoms with Gasteiger partial charge < -0.3 is 5.32 Å². The molecule has 120 valence electrons. The van der Waals surface area contributed by atoms with Crippen LogP contribution in [0, 0.1) is 6.92 Å². The molecule has 1 aromatic heterocycles. The zero-order valence-corrected chi connectivity index (χ0v) is 14.4. The molecule has 2 aromatic carbocycles. The van der Waals surface area contributed by atoms with E-state index in [9.17, 15) is 4.79 Å². The minimum atomic E-state index is -0.116. The van der Waals surface area contributed by atoms with Crippen molar-refractivity contribution in [1.29, 1.82) is 0 Å². The Labute approximate surface area is 146 Å². The summed E-state index contributed by atoms with van der Waals surface area (Å²) in [6.45, 7) is 1.88. The molecular formula is C20H18N2OS. The van der Waals surface area contributed by atoms with Crippen LogP contribution in [0.3, 0.4) is 0 Å². The van der Waals surface area contributed by atoms with Gasteiger partial charge in [0, 0.05) is 28.5 Å². The molecule has 0 aliphatic rings. The molecule has 0 atom stereocenters. The first kappa shape index (κ1) is 16.3. The van der Waals surface area contributed by atoms with Gasteiger partial charge in [0.25, 0.3) is 5.91 Å². The fourth-order valence-corrected chi connectivity index (χ4v) is 3.20. The number of nitrogens with one attached hydrogen (secondary N) is 1. The first-order chi connectivity index (χ1) is 11.7. The van der Waals surface area contributed by atoms with E-state index in [2.05, 4.69) is 28.5 Å². The molecule has 0 spiro atoms. The first-order valence-electron chi connectivity index (χ1n) is 7.64. The van der Waals surface area contributed by atoms with Crippen LogP contribution in [0.2, 0.25) is 0 Å². The number of carbonyl (C=O) groups excluding carboxylic acids is 1. The highest BCUT2D eigenvalue weighted by molar-refractivity contribution is 7.98. The predicted octanol–water partition coefficient (Wildman–Crippen LogP) is 5.03. The van der Waals surface area contributed by atoms with Crippen LogP contribution in [0.25, 0.3) is 11.1 Å². The van der Waals surface area contributed by atoms with Gasteiger partial charge in [-0.3, -0.25) is 9.78 Å². The lowest BCUT2D eigenvalue weighted by atomic mass is 10.1. The molecule has 0 saturated carbocycles. The number of rotatable bonds is 4. The normalized spacial score (nSPS) is 10.4. The van der Waals surface area contributed by atoms with Gasteiger partial charge >= 0.3 is 0 Å². The van der Waals surface area contributed by atoms with Gasteiger partial charge in [0.15, 0.2) is 0 Å². The Morgan fingerprint density at radius 1 is 1.08 bits per heavy atom. The quantitative estimate of drug-likeness (QED) is 0.680. The molecule has 4 heteroatoms. The summed E-state index contributed by atoms with van der Waals surface area (Å²) >= 11 is 1.67. The van der Waals surface area contributed by atoms with E-state index in [0.717, 1.165) is 16.1 Å². The highest BCUT2D eigenvalue weighted by Crippen LogP contribution is 2.32. The van der Waals surface area contributed by atoms with Crippen molar-refractivity contribution in [1.82, 2.24) is 4.98 Å². The number of hydrogen-bond donors (Lipinski definition) is 1. The summed E-state index contributed by atoms with van der Waals surface area (Å²) < 4.78 is 0. The van der Waals surface area contributed by atoms with Gasteiger partial charge in [0.2, 0.25) is 0 Å². The lowest BCUT2D eigenvalue weighted by Crippen LogP contribution is -2.13. The second-order valence-corrected chi connectivity index (χ2v) is 6.27. The van der Waals surface area contributed by atoms with E-state index >= 15 is 0 Å². The Morgan fingerprint density at radius 2 is 1.88 bits per heavy atom. The second kappa shape index (κ2) is 7.32. The number of nitrogens with zero attached hydrogens (tertiary/aromatic N) is 1. The van der Waals surface area contributed by atoms with Gasteiger partial charge in [0.1, 0.15) is 0 Å². The van der Waals surface area contributed by atoms with Crippen molar-refractivity contribution < 1.29 is 4.79 Å². The molecule has 3 nitrogen and oxygen atoms in total. The van der Waals surface area contributed by atoms with Gasteiger partial charge in [-0.1, -0.05) is 36.4 Å². The summed E-state index contributed by atoms with van der Waals surface area (Å²) in [5.74, 6) is -0.116. The minimum Gasteiger partial charge on any atom is -0.322 e. The average molecular weight is 334 g/mol. The zero-order valence-electron chi connectivity index (χ0n) is 13.6. The van der Waals surface area contributed by atoms with E-state index in [1.807, 2.05) is 43.5 Å². The topological polar surface area (TPSA) is 42.0 Å². The standard InChI is InChI=1S/C20H18N2OS/c1-14-13-21-11-10-17(14)20(23)22-16-8-9-18(19(12-16)24-2)15-6-4-3-5-7-15/h3-13H,1-2H3,(H,22,23). The molecular weight excluding hydrogens is 316 g/mol. The smallest absolute Gasteiger partial charge is 0.256 e. The summed E-state index contributed by atoms with van der Waals surface area (Å²) in [5.41, 5.74) is 4.63. The van der Waals surface area contributed by atoms with Gasteiger partial charge in [-0.25, -0.2) is 0 Å². The molecule has 3 aromatic rings. The summed E-state index contributed by atoms with van der Waals surface area (Å²) in [4.78, 5) is 17.6. The summed E-state index contributed by atoms with van der Waals surface area (Å²) in [5, 5.41) is 2.97. The van der Waals surface area contributed by atoms with E-state index in [4.69, 9.17) is 0 Å². The molecule has 0 aliphatic heterocycles. The van der Waals surface area contributed by atoms with E-state index in [0.29, 0.717) is 5.56 Å². The fraction of sp³-hybridized carbons (Fsp3) is 0.100. The number of hydrogen-bond acceptors (Lipinski definition) is 3. The van der Waals surface area contributed by atoms with Gasteiger partial charge in [0.05, 0.1) is 0 Å². The number of benzene rings is 2. The van der Waals surface area contributed by atoms with Crippen LogP contribution < -0.4 is 5.32 Å². The Hall–Kier alpha value is -2.59. The van der Waals surface area contributed by atoms with Crippen LogP contribution in [-0.4, -0.2) is 17.1 Å². The van der Waals surface area contributed by atoms with Crippen molar-refractivity contribution in [3.8, 4) is 11.1 Å². The summed E-state index contributed by atoms with van der Waals surface area (Å²) in [6.07, 6.45) is 5.37. The Kier molecular flexibility index (Phi) is 4.96. The van der Waals surface area contributed by atoms with E-state index in [1.54, 1.807) is 30.2 Å². The molecule has 0 bridgehead atoms. The van der Waals surface area contributed by atoms with Crippen LogP contribution in [0.15, 0.2) is 71.9 Å². The highest BCUT2D eigenvalue weighted by atomic mass is 32.2. The molecule has 24 heavy (non-hydrogen) atoms. The summed E-state index contributed by atoms with van der Waals surface area (Å²) in [6, 6.07) is 18.0. The van der Waals surface area contributed by atoms with Crippen LogP contribution >= 0.6 is 11.8 Å². The third kappa shape index (κ3) is 3.49. The maximum atomic E-state index is 12.4. The number of aryl methyl sites for hydroxylation is 1. The first-order valence-corrected chi connectivity index (χ1v) is 8.87. The zero-order chi connectivity index (χ0) is 16.9. The third-order valence-corrected chi connectivity index (χ3v) is 4.59. The minimum absolute atomic E-state index is 0.116. The van der Waals surface area contributed by atoms with Crippen molar-refractivity contribution in [3.63, 3.8) is 0 Å². The van der Waals surface area contributed by atoms with Crippen molar-refractivity contribution in [3.05, 3.63) is 78.1 Å². The average Bonchev–Trinajstić information content (AvgIpc) is 2.62. The molecule has 0 radical (unpaired) electrons. The lowest BCUT2D eigenvalue weighted by Gasteiger charge is -2.12. The van der Waals surface area contributed by atoms with Crippen LogP contribution in [0.4, 0.5) is 5.69 Å². The van der Waals surface area contributed by atoms with E-state index < -0.39 is 0 Å². The maximum Gasteiger partial charge on any atom is 0.256 e. The number of aromatic nitrogens is 1. The fourth-order valence-electron chi connectivity index (χ4n) is 2.55. The molecule has 0 fully saturated rings. The predicted molar refractivity (Wildman–Crippen MR) is 101 cm³/mol. The number of thioether (sulfide) groups is 1. The third-order valence-electron chi connectivity index (χ3n) is 3.81. The van der Waals surface area contributed by atoms with Crippen molar-refractivity contribution in [2.24, 2.45) is 0 Å². The van der Waals surface area contributed by atoms with E-state index in [-0.39, 0.29) is 5.91 Å². The van der Waals surface area contributed by atoms with Crippen LogP contribution in [0.5, 0.6) is 0 Å². The van der Waals surface area contributed by atoms with Gasteiger partial charge in [-0.05, 0) is 48.1 Å². The largest absolute Gasteiger partial charge is 0.322 e. The van der Waals surface area contributed by atoms with Gasteiger partial charge in [-0.15, -0.1) is 11.8 Å². The molecule has 0 unspecified atom stereocenters. The molecule has 0 aliphatic carbocycles. The molecule has 1 N–H and O–H groups in total. The second-order valence-electron chi connectivity index (χ2n) is 5.43. The number of anilines is 1. The summed E-state index contributed by atoms with van der Waals surface area (Å²) in [7, 11) is 0. The maximum absolute atomic E-state index is 12.4. The monoisotopic (exact) mass is 334 g/mol. The molecule has 1 amide bonds. The highest BCUT2D eigenvalue weighted by Gasteiger charge is 2.11. The molecule has 0 saturated heterocycles. The SMILES string of the molecule is CSc1cc(NC(=O)c2ccncc2C)ccc1-c1ccccc1. The lowest BCUT2D eigenvalue weighted by molar-refractivity contribution is 0.102. The van der Waals surface area contributed by atoms with Crippen molar-refractivity contribution in [2.75, 3.05) is 11.6 Å². The van der Waals surface area contributed by atoms with Crippen molar-refractivity contribution >= 4 is 23.4 Å². The van der Waals surface area contributed by atoms with Gasteiger partial charge in [-0.2, -0.15) is 0 Å². The molecule has 1 heterocycles. The van der Waals surface area contributed by atoms with Crippen LogP contribution in [-0.2, 0) is 0 Å². The number of carbonyl (C=O) groups is 1. The number of amides is 1. The van der Waals surface area contributed by atoms with E-state index in [1.165, 1.54) is 11.1 Å². The van der Waals surface area contributed by atoms with Crippen LogP contribution in [0.1, 0.15) is 15.9 Å².